The number of hydrogen-bond acceptors (Lipinski definition) is 4. The van der Waals surface area contributed by atoms with Crippen LogP contribution in [0.3, 0.4) is 0 Å². The number of nitrogens with one attached hydrogen (secondary N) is 1. The van der Waals surface area contributed by atoms with E-state index in [1.807, 2.05) is 31.6 Å². The molecule has 0 fully saturated rings. The van der Waals surface area contributed by atoms with Crippen molar-refractivity contribution in [2.75, 3.05) is 11.9 Å². The van der Waals surface area contributed by atoms with Gasteiger partial charge >= 0.3 is 0 Å². The number of thiazole rings is 1. The van der Waals surface area contributed by atoms with Crippen LogP contribution in [0.4, 0.5) is 5.69 Å². The Hall–Kier alpha value is -1.59. The molecule has 6 heteroatoms. The molecule has 0 aliphatic heterocycles. The normalized spacial score (nSPS) is 10.5. The molecule has 1 heterocycles. The van der Waals surface area contributed by atoms with Crippen LogP contribution in [0.2, 0.25) is 5.02 Å². The lowest BCUT2D eigenvalue weighted by Crippen LogP contribution is -2.17. The minimum absolute atomic E-state index is 0.0162. The predicted octanol–water partition coefficient (Wildman–Crippen LogP) is 3.03. The topological polar surface area (TPSA) is 66.0 Å². The van der Waals surface area contributed by atoms with E-state index >= 15 is 0 Å². The number of amidine groups is 1. The molecular formula is C13H15ClN4S. The second-order valence-electron chi connectivity index (χ2n) is 4.29. The van der Waals surface area contributed by atoms with Gasteiger partial charge < -0.3 is 10.6 Å². The summed E-state index contributed by atoms with van der Waals surface area (Å²) >= 11 is 7.77. The lowest BCUT2D eigenvalue weighted by Gasteiger charge is -2.19. The predicted molar refractivity (Wildman–Crippen MR) is 81.4 cm³/mol. The van der Waals surface area contributed by atoms with Gasteiger partial charge in [0.1, 0.15) is 5.84 Å². The van der Waals surface area contributed by atoms with Crippen LogP contribution < -0.4 is 10.6 Å². The Morgan fingerprint density at radius 2 is 2.26 bits per heavy atom. The van der Waals surface area contributed by atoms with E-state index in [-0.39, 0.29) is 5.84 Å². The number of anilines is 1. The largest absolute Gasteiger partial charge is 0.384 e. The third-order valence-electron chi connectivity index (χ3n) is 2.91. The first kappa shape index (κ1) is 13.8. The van der Waals surface area contributed by atoms with E-state index in [1.54, 1.807) is 17.4 Å². The maximum Gasteiger partial charge on any atom is 0.124 e. The highest BCUT2D eigenvalue weighted by Crippen LogP contribution is 2.25. The van der Waals surface area contributed by atoms with Gasteiger partial charge in [-0.25, -0.2) is 4.98 Å². The first-order valence-corrected chi connectivity index (χ1v) is 6.99. The maximum atomic E-state index is 7.41. The van der Waals surface area contributed by atoms with Crippen molar-refractivity contribution in [2.45, 2.75) is 13.5 Å². The van der Waals surface area contributed by atoms with Crippen LogP contribution in [-0.2, 0) is 6.54 Å². The Kier molecular flexibility index (Phi) is 4.07. The van der Waals surface area contributed by atoms with E-state index in [2.05, 4.69) is 9.88 Å². The molecule has 100 valence electrons. The summed E-state index contributed by atoms with van der Waals surface area (Å²) in [5.41, 5.74) is 9.91. The van der Waals surface area contributed by atoms with Gasteiger partial charge in [-0.1, -0.05) is 11.6 Å². The molecule has 0 aliphatic rings. The average molecular weight is 295 g/mol. The number of benzene rings is 1. The van der Waals surface area contributed by atoms with Gasteiger partial charge in [0.2, 0.25) is 0 Å². The summed E-state index contributed by atoms with van der Waals surface area (Å²) in [5, 5.41) is 7.91. The molecule has 3 N–H and O–H groups in total. The highest BCUT2D eigenvalue weighted by atomic mass is 35.5. The molecule has 4 nitrogen and oxygen atoms in total. The molecule has 0 saturated heterocycles. The smallest absolute Gasteiger partial charge is 0.124 e. The van der Waals surface area contributed by atoms with Gasteiger partial charge in [-0.15, -0.1) is 11.3 Å². The van der Waals surface area contributed by atoms with Crippen LogP contribution in [0.25, 0.3) is 0 Å². The van der Waals surface area contributed by atoms with E-state index < -0.39 is 0 Å². The molecule has 0 atom stereocenters. The number of nitrogens with two attached hydrogens (primary N) is 1. The standard InChI is InChI=1S/C13H15ClN4S/c1-8-12(19-7-17-8)6-18(2)9-3-4-10(13(15)16)11(14)5-9/h3-5,7H,6H2,1-2H3,(H3,15,16). The van der Waals surface area contributed by atoms with E-state index in [0.717, 1.165) is 17.9 Å². The molecule has 0 aliphatic carbocycles. The SMILES string of the molecule is Cc1ncsc1CN(C)c1ccc(C(=N)N)c(Cl)c1. The van der Waals surface area contributed by atoms with Gasteiger partial charge in [-0.05, 0) is 25.1 Å². The first-order chi connectivity index (χ1) is 8.99. The van der Waals surface area contributed by atoms with Crippen molar-refractivity contribution in [2.24, 2.45) is 5.73 Å². The Balaban J connectivity index is 2.20. The Morgan fingerprint density at radius 3 is 2.79 bits per heavy atom. The third-order valence-corrected chi connectivity index (χ3v) is 4.14. The molecule has 19 heavy (non-hydrogen) atoms. The zero-order valence-corrected chi connectivity index (χ0v) is 12.3. The molecule has 0 bridgehead atoms. The molecule has 0 amide bonds. The summed E-state index contributed by atoms with van der Waals surface area (Å²) < 4.78 is 0. The highest BCUT2D eigenvalue weighted by molar-refractivity contribution is 7.09. The Morgan fingerprint density at radius 1 is 1.53 bits per heavy atom. The van der Waals surface area contributed by atoms with E-state index in [0.29, 0.717) is 10.6 Å². The van der Waals surface area contributed by atoms with Crippen molar-refractivity contribution in [3.63, 3.8) is 0 Å². The van der Waals surface area contributed by atoms with Crippen molar-refractivity contribution in [3.05, 3.63) is 44.9 Å². The number of aryl methyl sites for hydroxylation is 1. The molecular weight excluding hydrogens is 280 g/mol. The molecule has 0 saturated carbocycles. The van der Waals surface area contributed by atoms with Crippen LogP contribution in [0.1, 0.15) is 16.1 Å². The zero-order valence-electron chi connectivity index (χ0n) is 10.8. The fourth-order valence-corrected chi connectivity index (χ4v) is 2.85. The van der Waals surface area contributed by atoms with Crippen molar-refractivity contribution >= 4 is 34.5 Å². The highest BCUT2D eigenvalue weighted by Gasteiger charge is 2.10. The van der Waals surface area contributed by atoms with Crippen LogP contribution in [0, 0.1) is 12.3 Å². The van der Waals surface area contributed by atoms with Gasteiger partial charge in [-0.2, -0.15) is 0 Å². The van der Waals surface area contributed by atoms with Crippen molar-refractivity contribution in [3.8, 4) is 0 Å². The quantitative estimate of drug-likeness (QED) is 0.673. The van der Waals surface area contributed by atoms with E-state index in [9.17, 15) is 0 Å². The molecule has 0 unspecified atom stereocenters. The minimum atomic E-state index is -0.0162. The average Bonchev–Trinajstić information content (AvgIpc) is 2.74. The molecule has 1 aromatic carbocycles. The van der Waals surface area contributed by atoms with Crippen molar-refractivity contribution < 1.29 is 0 Å². The summed E-state index contributed by atoms with van der Waals surface area (Å²) in [6.07, 6.45) is 0. The minimum Gasteiger partial charge on any atom is -0.384 e. The van der Waals surface area contributed by atoms with Gasteiger partial charge in [-0.3, -0.25) is 5.41 Å². The van der Waals surface area contributed by atoms with Crippen LogP contribution in [0.15, 0.2) is 23.7 Å². The van der Waals surface area contributed by atoms with E-state index in [4.69, 9.17) is 22.7 Å². The van der Waals surface area contributed by atoms with Crippen LogP contribution in [-0.4, -0.2) is 17.9 Å². The Labute approximate surface area is 121 Å². The molecule has 2 aromatic rings. The Bertz CT molecular complexity index is 608. The number of nitrogens with zero attached hydrogens (tertiary/aromatic N) is 2. The fraction of sp³-hybridized carbons (Fsp3) is 0.231. The lowest BCUT2D eigenvalue weighted by molar-refractivity contribution is 0.926. The third kappa shape index (κ3) is 3.05. The molecule has 0 spiro atoms. The summed E-state index contributed by atoms with van der Waals surface area (Å²) in [5.74, 6) is -0.0162. The number of rotatable bonds is 4. The first-order valence-electron chi connectivity index (χ1n) is 5.73. The van der Waals surface area contributed by atoms with Crippen LogP contribution in [0.5, 0.6) is 0 Å². The van der Waals surface area contributed by atoms with Gasteiger partial charge in [0.25, 0.3) is 0 Å². The van der Waals surface area contributed by atoms with Crippen molar-refractivity contribution in [1.29, 1.82) is 5.41 Å². The summed E-state index contributed by atoms with van der Waals surface area (Å²) in [6.45, 7) is 2.79. The van der Waals surface area contributed by atoms with Gasteiger partial charge in [0.05, 0.1) is 22.8 Å². The number of aromatic nitrogens is 1. The zero-order chi connectivity index (χ0) is 14.0. The van der Waals surface area contributed by atoms with Gasteiger partial charge in [0, 0.05) is 23.2 Å². The second-order valence-corrected chi connectivity index (χ2v) is 5.64. The molecule has 0 radical (unpaired) electrons. The molecule has 1 aromatic heterocycles. The molecule has 2 rings (SSSR count). The summed E-state index contributed by atoms with van der Waals surface area (Å²) in [4.78, 5) is 7.56. The number of hydrogen-bond donors (Lipinski definition) is 2. The van der Waals surface area contributed by atoms with Crippen LogP contribution >= 0.6 is 22.9 Å². The van der Waals surface area contributed by atoms with E-state index in [1.165, 1.54) is 4.88 Å². The number of halogens is 1. The fourth-order valence-electron chi connectivity index (χ4n) is 1.74. The van der Waals surface area contributed by atoms with Crippen molar-refractivity contribution in [1.82, 2.24) is 4.98 Å². The summed E-state index contributed by atoms with van der Waals surface area (Å²) in [7, 11) is 2.00. The maximum absolute atomic E-state index is 7.41. The van der Waals surface area contributed by atoms with Gasteiger partial charge in [0.15, 0.2) is 0 Å². The number of nitrogen functional groups attached to an aromatic ring is 1. The lowest BCUT2D eigenvalue weighted by atomic mass is 10.2. The summed E-state index contributed by atoms with van der Waals surface area (Å²) in [6, 6.07) is 5.52. The second kappa shape index (κ2) is 5.59. The monoisotopic (exact) mass is 294 g/mol.